The molecule has 1 unspecified atom stereocenters. The molecule has 0 aliphatic carbocycles. The van der Waals surface area contributed by atoms with E-state index in [9.17, 15) is 0 Å². The molecule has 0 saturated carbocycles. The molecule has 2 aromatic heterocycles. The van der Waals surface area contributed by atoms with E-state index in [2.05, 4.69) is 35.5 Å². The summed E-state index contributed by atoms with van der Waals surface area (Å²) < 4.78 is 0. The summed E-state index contributed by atoms with van der Waals surface area (Å²) in [5.41, 5.74) is 1.00. The van der Waals surface area contributed by atoms with Crippen LogP contribution in [0.2, 0.25) is 0 Å². The monoisotopic (exact) mass is 245 g/mol. The van der Waals surface area contributed by atoms with Gasteiger partial charge in [0.2, 0.25) is 0 Å². The van der Waals surface area contributed by atoms with Crippen molar-refractivity contribution in [1.29, 1.82) is 0 Å². The van der Waals surface area contributed by atoms with Crippen molar-refractivity contribution in [1.82, 2.24) is 30.6 Å². The number of anilines is 1. The minimum absolute atomic E-state index is 0.567. The van der Waals surface area contributed by atoms with Crippen LogP contribution in [-0.2, 0) is 6.42 Å². The first-order valence-electron chi connectivity index (χ1n) is 6.07. The third kappa shape index (κ3) is 2.29. The van der Waals surface area contributed by atoms with Crippen LogP contribution in [0, 0.1) is 12.8 Å². The van der Waals surface area contributed by atoms with Crippen molar-refractivity contribution >= 4 is 5.82 Å². The number of hydrogen-bond acceptors (Lipinski definition) is 6. The molecule has 1 fully saturated rings. The second-order valence-electron chi connectivity index (χ2n) is 4.65. The number of nitrogens with zero attached hydrogens (tertiary/aromatic N) is 6. The molecular formula is C11H15N7. The Balaban J connectivity index is 1.65. The summed E-state index contributed by atoms with van der Waals surface area (Å²) in [4.78, 5) is 10.7. The minimum atomic E-state index is 0.567. The van der Waals surface area contributed by atoms with Gasteiger partial charge in [-0.05, 0) is 19.3 Å². The van der Waals surface area contributed by atoms with Crippen LogP contribution in [0.3, 0.4) is 0 Å². The van der Waals surface area contributed by atoms with Crippen LogP contribution >= 0.6 is 0 Å². The van der Waals surface area contributed by atoms with E-state index in [1.54, 1.807) is 6.33 Å². The van der Waals surface area contributed by atoms with Gasteiger partial charge < -0.3 is 4.90 Å². The predicted molar refractivity (Wildman–Crippen MR) is 65.0 cm³/mol. The van der Waals surface area contributed by atoms with E-state index in [1.165, 1.54) is 0 Å². The number of hydrogen-bond donors (Lipinski definition) is 1. The zero-order valence-corrected chi connectivity index (χ0v) is 10.2. The van der Waals surface area contributed by atoms with Gasteiger partial charge in [-0.15, -0.1) is 10.2 Å². The summed E-state index contributed by atoms with van der Waals surface area (Å²) in [5.74, 6) is 2.37. The molecule has 94 valence electrons. The highest BCUT2D eigenvalue weighted by Gasteiger charge is 2.24. The molecule has 1 atom stereocenters. The molecule has 1 saturated heterocycles. The molecule has 2 aromatic rings. The van der Waals surface area contributed by atoms with Gasteiger partial charge in [-0.3, -0.25) is 0 Å². The normalized spacial score (nSPS) is 19.4. The highest BCUT2D eigenvalue weighted by Crippen LogP contribution is 2.23. The van der Waals surface area contributed by atoms with Crippen molar-refractivity contribution in [2.24, 2.45) is 5.92 Å². The highest BCUT2D eigenvalue weighted by atomic mass is 15.5. The fourth-order valence-corrected chi connectivity index (χ4v) is 2.35. The van der Waals surface area contributed by atoms with Crippen LogP contribution < -0.4 is 4.90 Å². The lowest BCUT2D eigenvalue weighted by Crippen LogP contribution is -2.21. The number of aryl methyl sites for hydroxylation is 1. The average Bonchev–Trinajstić information content (AvgIpc) is 3.01. The van der Waals surface area contributed by atoms with E-state index in [-0.39, 0.29) is 0 Å². The second-order valence-corrected chi connectivity index (χ2v) is 4.65. The van der Waals surface area contributed by atoms with Gasteiger partial charge in [0.05, 0.1) is 0 Å². The maximum Gasteiger partial charge on any atom is 0.174 e. The molecule has 0 spiro atoms. The molecule has 7 nitrogen and oxygen atoms in total. The van der Waals surface area contributed by atoms with Gasteiger partial charge in [-0.2, -0.15) is 5.21 Å². The van der Waals surface area contributed by atoms with E-state index in [0.717, 1.165) is 43.3 Å². The lowest BCUT2D eigenvalue weighted by atomic mass is 10.1. The molecule has 0 bridgehead atoms. The molecule has 3 heterocycles. The zero-order chi connectivity index (χ0) is 12.4. The van der Waals surface area contributed by atoms with Gasteiger partial charge in [-0.1, -0.05) is 5.21 Å². The summed E-state index contributed by atoms with van der Waals surface area (Å²) in [6.45, 7) is 4.00. The van der Waals surface area contributed by atoms with Gasteiger partial charge in [-0.25, -0.2) is 9.97 Å². The van der Waals surface area contributed by atoms with E-state index in [0.29, 0.717) is 5.92 Å². The number of H-pyrrole nitrogens is 1. The Morgan fingerprint density at radius 3 is 3.17 bits per heavy atom. The maximum absolute atomic E-state index is 4.32. The van der Waals surface area contributed by atoms with E-state index < -0.39 is 0 Å². The molecule has 3 rings (SSSR count). The van der Waals surface area contributed by atoms with Gasteiger partial charge in [0.1, 0.15) is 12.1 Å². The van der Waals surface area contributed by atoms with Crippen LogP contribution in [0.4, 0.5) is 5.82 Å². The summed E-state index contributed by atoms with van der Waals surface area (Å²) in [6, 6.07) is 2.02. The summed E-state index contributed by atoms with van der Waals surface area (Å²) in [5, 5.41) is 14.1. The molecule has 0 aromatic carbocycles. The van der Waals surface area contributed by atoms with Crippen molar-refractivity contribution in [3.8, 4) is 0 Å². The van der Waals surface area contributed by atoms with Gasteiger partial charge in [0.25, 0.3) is 0 Å². The average molecular weight is 245 g/mol. The van der Waals surface area contributed by atoms with Crippen LogP contribution in [0.5, 0.6) is 0 Å². The first-order chi connectivity index (χ1) is 8.81. The summed E-state index contributed by atoms with van der Waals surface area (Å²) in [6.07, 6.45) is 3.63. The van der Waals surface area contributed by atoms with Crippen LogP contribution in [0.1, 0.15) is 17.9 Å². The smallest absolute Gasteiger partial charge is 0.174 e. The van der Waals surface area contributed by atoms with Crippen molar-refractivity contribution < 1.29 is 0 Å². The van der Waals surface area contributed by atoms with Crippen LogP contribution in [-0.4, -0.2) is 43.7 Å². The third-order valence-electron chi connectivity index (χ3n) is 3.26. The van der Waals surface area contributed by atoms with Gasteiger partial charge >= 0.3 is 0 Å². The number of nitrogens with one attached hydrogen (secondary N) is 1. The molecular weight excluding hydrogens is 230 g/mol. The lowest BCUT2D eigenvalue weighted by molar-refractivity contribution is 0.567. The van der Waals surface area contributed by atoms with Gasteiger partial charge in [0, 0.05) is 31.3 Å². The Morgan fingerprint density at radius 2 is 2.39 bits per heavy atom. The van der Waals surface area contributed by atoms with Crippen molar-refractivity contribution in [2.45, 2.75) is 19.8 Å². The fourth-order valence-electron chi connectivity index (χ4n) is 2.35. The fraction of sp³-hybridized carbons (Fsp3) is 0.545. The molecule has 0 amide bonds. The number of aromatic nitrogens is 6. The topological polar surface area (TPSA) is 83.5 Å². The molecule has 7 heteroatoms. The van der Waals surface area contributed by atoms with Crippen molar-refractivity contribution in [3.05, 3.63) is 23.9 Å². The molecule has 1 N–H and O–H groups in total. The Morgan fingerprint density at radius 1 is 1.44 bits per heavy atom. The predicted octanol–water partition coefficient (Wildman–Crippen LogP) is 0.367. The Labute approximate surface area is 105 Å². The lowest BCUT2D eigenvalue weighted by Gasteiger charge is -2.17. The Bertz CT molecular complexity index is 510. The standard InChI is InChI=1S/C11H15N7/c1-8-4-11(13-7-12-8)18-3-2-9(6-18)5-10-14-16-17-15-10/h4,7,9H,2-3,5-6H2,1H3,(H,14,15,16,17). The van der Waals surface area contributed by atoms with Crippen molar-refractivity contribution in [2.75, 3.05) is 18.0 Å². The maximum atomic E-state index is 4.32. The van der Waals surface area contributed by atoms with Crippen LogP contribution in [0.15, 0.2) is 12.4 Å². The van der Waals surface area contributed by atoms with E-state index in [4.69, 9.17) is 0 Å². The Kier molecular flexibility index (Phi) is 2.87. The molecule has 1 aliphatic heterocycles. The number of rotatable bonds is 3. The SMILES string of the molecule is Cc1cc(N2CCC(Cc3nn[nH]n3)C2)ncn1. The van der Waals surface area contributed by atoms with E-state index >= 15 is 0 Å². The summed E-state index contributed by atoms with van der Waals surface area (Å²) >= 11 is 0. The minimum Gasteiger partial charge on any atom is -0.356 e. The van der Waals surface area contributed by atoms with E-state index in [1.807, 2.05) is 13.0 Å². The summed E-state index contributed by atoms with van der Waals surface area (Å²) in [7, 11) is 0. The number of aromatic amines is 1. The van der Waals surface area contributed by atoms with Crippen LogP contribution in [0.25, 0.3) is 0 Å². The molecule has 0 radical (unpaired) electrons. The largest absolute Gasteiger partial charge is 0.356 e. The molecule has 1 aliphatic rings. The first kappa shape index (κ1) is 11.1. The molecule has 18 heavy (non-hydrogen) atoms. The zero-order valence-electron chi connectivity index (χ0n) is 10.2. The Hall–Kier alpha value is -2.05. The van der Waals surface area contributed by atoms with Gasteiger partial charge in [0.15, 0.2) is 5.82 Å². The number of tetrazole rings is 1. The third-order valence-corrected chi connectivity index (χ3v) is 3.26. The second kappa shape index (κ2) is 4.67. The highest BCUT2D eigenvalue weighted by molar-refractivity contribution is 5.39. The quantitative estimate of drug-likeness (QED) is 0.841. The first-order valence-corrected chi connectivity index (χ1v) is 6.07. The van der Waals surface area contributed by atoms with Crippen molar-refractivity contribution in [3.63, 3.8) is 0 Å².